The van der Waals surface area contributed by atoms with E-state index in [1.807, 2.05) is 60.7 Å². The van der Waals surface area contributed by atoms with Gasteiger partial charge in [-0.05, 0) is 31.4 Å². The highest BCUT2D eigenvalue weighted by Gasteiger charge is 2.30. The summed E-state index contributed by atoms with van der Waals surface area (Å²) in [6, 6.07) is 17.6. The SMILES string of the molecule is CC(C)OC(=O)C(O)C(Cc1ccccc1)NC(=O)OCc1ccccc1. The van der Waals surface area contributed by atoms with Gasteiger partial charge in [-0.25, -0.2) is 9.59 Å². The molecular formula is C21H25NO5. The van der Waals surface area contributed by atoms with E-state index in [9.17, 15) is 14.7 Å². The van der Waals surface area contributed by atoms with Crippen LogP contribution in [0.5, 0.6) is 0 Å². The molecule has 0 saturated carbocycles. The van der Waals surface area contributed by atoms with Crippen LogP contribution < -0.4 is 5.32 Å². The van der Waals surface area contributed by atoms with Crippen molar-refractivity contribution in [2.24, 2.45) is 0 Å². The lowest BCUT2D eigenvalue weighted by atomic mass is 10.0. The number of aliphatic hydroxyl groups excluding tert-OH is 1. The second kappa shape index (κ2) is 10.3. The Balaban J connectivity index is 2.01. The average Bonchev–Trinajstić information content (AvgIpc) is 2.66. The number of alkyl carbamates (subject to hydrolysis) is 1. The Kier molecular flexibility index (Phi) is 7.82. The molecule has 0 heterocycles. The molecule has 2 unspecified atom stereocenters. The Morgan fingerprint density at radius 1 is 0.963 bits per heavy atom. The molecule has 0 aromatic heterocycles. The molecule has 0 aliphatic carbocycles. The smallest absolute Gasteiger partial charge is 0.407 e. The number of benzene rings is 2. The summed E-state index contributed by atoms with van der Waals surface area (Å²) in [5.74, 6) is -0.783. The number of carbonyl (C=O) groups excluding carboxylic acids is 2. The van der Waals surface area contributed by atoms with Crippen LogP contribution in [0.2, 0.25) is 0 Å². The highest BCUT2D eigenvalue weighted by molar-refractivity contribution is 5.77. The Morgan fingerprint density at radius 3 is 2.07 bits per heavy atom. The van der Waals surface area contributed by atoms with Gasteiger partial charge in [0, 0.05) is 0 Å². The Morgan fingerprint density at radius 2 is 1.52 bits per heavy atom. The minimum Gasteiger partial charge on any atom is -0.461 e. The fraction of sp³-hybridized carbons (Fsp3) is 0.333. The highest BCUT2D eigenvalue weighted by atomic mass is 16.6. The largest absolute Gasteiger partial charge is 0.461 e. The topological polar surface area (TPSA) is 84.9 Å². The standard InChI is InChI=1S/C21H25NO5/c1-15(2)27-20(24)19(23)18(13-16-9-5-3-6-10-16)22-21(25)26-14-17-11-7-4-8-12-17/h3-12,15,18-19,23H,13-14H2,1-2H3,(H,22,25). The first-order chi connectivity index (χ1) is 13.0. The van der Waals surface area contributed by atoms with Gasteiger partial charge in [0.2, 0.25) is 0 Å². The van der Waals surface area contributed by atoms with Crippen LogP contribution in [0.25, 0.3) is 0 Å². The number of rotatable bonds is 8. The first-order valence-electron chi connectivity index (χ1n) is 8.85. The van der Waals surface area contributed by atoms with Crippen molar-refractivity contribution in [2.45, 2.75) is 45.1 Å². The molecule has 6 nitrogen and oxygen atoms in total. The van der Waals surface area contributed by atoms with Crippen molar-refractivity contribution in [3.05, 3.63) is 71.8 Å². The summed E-state index contributed by atoms with van der Waals surface area (Å²) in [4.78, 5) is 24.3. The van der Waals surface area contributed by atoms with Crippen molar-refractivity contribution >= 4 is 12.1 Å². The van der Waals surface area contributed by atoms with Crippen LogP contribution in [0.3, 0.4) is 0 Å². The van der Waals surface area contributed by atoms with Crippen molar-refractivity contribution in [2.75, 3.05) is 0 Å². The lowest BCUT2D eigenvalue weighted by molar-refractivity contribution is -0.158. The molecule has 2 atom stereocenters. The fourth-order valence-corrected chi connectivity index (χ4v) is 2.49. The Labute approximate surface area is 159 Å². The van der Waals surface area contributed by atoms with Gasteiger partial charge in [0.25, 0.3) is 0 Å². The minimum absolute atomic E-state index is 0.0945. The van der Waals surface area contributed by atoms with Crippen LogP contribution in [0.4, 0.5) is 4.79 Å². The molecule has 1 amide bonds. The molecular weight excluding hydrogens is 346 g/mol. The molecule has 0 saturated heterocycles. The third-order valence-electron chi connectivity index (χ3n) is 3.79. The van der Waals surface area contributed by atoms with Gasteiger partial charge < -0.3 is 19.9 Å². The van der Waals surface area contributed by atoms with E-state index in [2.05, 4.69) is 5.32 Å². The maximum atomic E-state index is 12.2. The predicted octanol–water partition coefficient (Wildman–Crippen LogP) is 2.84. The zero-order valence-electron chi connectivity index (χ0n) is 15.5. The van der Waals surface area contributed by atoms with E-state index in [-0.39, 0.29) is 19.1 Å². The summed E-state index contributed by atoms with van der Waals surface area (Å²) in [6.07, 6.45) is -2.32. The lowest BCUT2D eigenvalue weighted by Gasteiger charge is -2.23. The molecule has 2 rings (SSSR count). The number of aliphatic hydroxyl groups is 1. The molecule has 2 aromatic carbocycles. The summed E-state index contributed by atoms with van der Waals surface area (Å²) in [7, 11) is 0. The minimum atomic E-state index is -1.50. The van der Waals surface area contributed by atoms with E-state index in [4.69, 9.17) is 9.47 Å². The van der Waals surface area contributed by atoms with Gasteiger partial charge in [-0.1, -0.05) is 60.7 Å². The normalized spacial score (nSPS) is 12.9. The van der Waals surface area contributed by atoms with E-state index in [0.717, 1.165) is 11.1 Å². The molecule has 2 aromatic rings. The third-order valence-corrected chi connectivity index (χ3v) is 3.79. The summed E-state index contributed by atoms with van der Waals surface area (Å²) < 4.78 is 10.3. The summed E-state index contributed by atoms with van der Waals surface area (Å²) >= 11 is 0. The third kappa shape index (κ3) is 7.11. The number of amides is 1. The van der Waals surface area contributed by atoms with Crippen LogP contribution in [0, 0.1) is 0 Å². The summed E-state index contributed by atoms with van der Waals surface area (Å²) in [5.41, 5.74) is 1.70. The van der Waals surface area contributed by atoms with E-state index >= 15 is 0 Å². The van der Waals surface area contributed by atoms with Crippen LogP contribution in [-0.2, 0) is 27.3 Å². The van der Waals surface area contributed by atoms with Crippen LogP contribution in [0.1, 0.15) is 25.0 Å². The number of esters is 1. The average molecular weight is 371 g/mol. The molecule has 0 radical (unpaired) electrons. The van der Waals surface area contributed by atoms with Crippen molar-refractivity contribution in [1.29, 1.82) is 0 Å². The number of nitrogens with one attached hydrogen (secondary N) is 1. The molecule has 0 aliphatic rings. The van der Waals surface area contributed by atoms with Gasteiger partial charge in [-0.2, -0.15) is 0 Å². The van der Waals surface area contributed by atoms with Gasteiger partial charge in [0.05, 0.1) is 12.1 Å². The van der Waals surface area contributed by atoms with Crippen molar-refractivity contribution in [3.63, 3.8) is 0 Å². The van der Waals surface area contributed by atoms with Crippen molar-refractivity contribution in [3.8, 4) is 0 Å². The van der Waals surface area contributed by atoms with Gasteiger partial charge in [0.1, 0.15) is 6.61 Å². The second-order valence-corrected chi connectivity index (χ2v) is 6.43. The predicted molar refractivity (Wildman–Crippen MR) is 101 cm³/mol. The van der Waals surface area contributed by atoms with E-state index in [1.54, 1.807) is 13.8 Å². The molecule has 6 heteroatoms. The Hall–Kier alpha value is -2.86. The van der Waals surface area contributed by atoms with E-state index in [1.165, 1.54) is 0 Å². The van der Waals surface area contributed by atoms with Gasteiger partial charge >= 0.3 is 12.1 Å². The molecule has 2 N–H and O–H groups in total. The number of carbonyl (C=O) groups is 2. The van der Waals surface area contributed by atoms with Crippen LogP contribution in [-0.4, -0.2) is 35.4 Å². The maximum absolute atomic E-state index is 12.2. The number of hydrogen-bond donors (Lipinski definition) is 2. The van der Waals surface area contributed by atoms with Crippen molar-refractivity contribution in [1.82, 2.24) is 5.32 Å². The molecule has 0 spiro atoms. The van der Waals surface area contributed by atoms with Crippen LogP contribution in [0.15, 0.2) is 60.7 Å². The lowest BCUT2D eigenvalue weighted by Crippen LogP contribution is -2.49. The monoisotopic (exact) mass is 371 g/mol. The summed E-state index contributed by atoms with van der Waals surface area (Å²) in [5, 5.41) is 13.0. The van der Waals surface area contributed by atoms with Crippen molar-refractivity contribution < 1.29 is 24.2 Å². The Bertz CT molecular complexity index is 718. The van der Waals surface area contributed by atoms with Gasteiger partial charge in [0.15, 0.2) is 6.10 Å². The quantitative estimate of drug-likeness (QED) is 0.697. The number of ether oxygens (including phenoxy) is 2. The molecule has 0 bridgehead atoms. The molecule has 144 valence electrons. The fourth-order valence-electron chi connectivity index (χ4n) is 2.49. The second-order valence-electron chi connectivity index (χ2n) is 6.43. The van der Waals surface area contributed by atoms with Crippen LogP contribution >= 0.6 is 0 Å². The maximum Gasteiger partial charge on any atom is 0.407 e. The van der Waals surface area contributed by atoms with E-state index < -0.39 is 24.2 Å². The zero-order valence-corrected chi connectivity index (χ0v) is 15.5. The zero-order chi connectivity index (χ0) is 19.6. The van der Waals surface area contributed by atoms with Gasteiger partial charge in [-0.15, -0.1) is 0 Å². The first kappa shape index (κ1) is 20.5. The molecule has 0 fully saturated rings. The first-order valence-corrected chi connectivity index (χ1v) is 8.85. The molecule has 0 aliphatic heterocycles. The molecule has 27 heavy (non-hydrogen) atoms. The highest BCUT2D eigenvalue weighted by Crippen LogP contribution is 2.10. The van der Waals surface area contributed by atoms with E-state index in [0.29, 0.717) is 0 Å². The van der Waals surface area contributed by atoms with Gasteiger partial charge in [-0.3, -0.25) is 0 Å². The number of hydrogen-bond acceptors (Lipinski definition) is 5. The summed E-state index contributed by atoms with van der Waals surface area (Å²) in [6.45, 7) is 3.48.